The van der Waals surface area contributed by atoms with Gasteiger partial charge in [-0.15, -0.1) is 0 Å². The minimum atomic E-state index is -1.01. The molecular weight excluding hydrogens is 351 g/mol. The summed E-state index contributed by atoms with van der Waals surface area (Å²) in [4.78, 5) is 15.2. The maximum atomic E-state index is 14.5. The van der Waals surface area contributed by atoms with E-state index in [1.54, 1.807) is 7.11 Å². The molecule has 2 aromatic rings. The lowest BCUT2D eigenvalue weighted by molar-refractivity contribution is -0.162. The van der Waals surface area contributed by atoms with Gasteiger partial charge in [0.15, 0.2) is 0 Å². The van der Waals surface area contributed by atoms with Crippen LogP contribution in [0.25, 0.3) is 10.9 Å². The Labute approximate surface area is 156 Å². The minimum Gasteiger partial charge on any atom is -0.497 e. The average Bonchev–Trinajstić information content (AvgIpc) is 2.67. The predicted octanol–water partition coefficient (Wildman–Crippen LogP) is 3.66. The van der Waals surface area contributed by atoms with Crippen LogP contribution in [0.4, 0.5) is 9.18 Å². The van der Waals surface area contributed by atoms with Crippen molar-refractivity contribution in [2.24, 2.45) is 0 Å². The van der Waals surface area contributed by atoms with Crippen LogP contribution in [0, 0.1) is 5.82 Å². The van der Waals surface area contributed by atoms with E-state index < -0.39 is 11.6 Å². The molecule has 1 aromatic heterocycles. The third-order valence-corrected chi connectivity index (χ3v) is 6.11. The van der Waals surface area contributed by atoms with E-state index in [4.69, 9.17) is 14.6 Å². The highest BCUT2D eigenvalue weighted by atomic mass is 19.1. The molecule has 1 saturated carbocycles. The molecule has 144 valence electrons. The third-order valence-electron chi connectivity index (χ3n) is 6.11. The van der Waals surface area contributed by atoms with E-state index in [1.165, 1.54) is 6.20 Å². The molecule has 5 rings (SSSR count). The van der Waals surface area contributed by atoms with Crippen LogP contribution in [0.15, 0.2) is 24.4 Å². The molecule has 7 heteroatoms. The molecule has 2 saturated heterocycles. The molecule has 1 amide bonds. The van der Waals surface area contributed by atoms with Crippen molar-refractivity contribution in [1.82, 2.24) is 10.3 Å². The number of nitrogens with zero attached hydrogens (tertiary/aromatic N) is 1. The Bertz CT molecular complexity index is 861. The molecule has 1 aromatic carbocycles. The Morgan fingerprint density at radius 2 is 2.15 bits per heavy atom. The van der Waals surface area contributed by atoms with Crippen molar-refractivity contribution in [3.8, 4) is 5.75 Å². The van der Waals surface area contributed by atoms with Gasteiger partial charge in [-0.3, -0.25) is 4.98 Å². The van der Waals surface area contributed by atoms with Crippen LogP contribution >= 0.6 is 0 Å². The highest BCUT2D eigenvalue weighted by Crippen LogP contribution is 2.46. The lowest BCUT2D eigenvalue weighted by atomic mass is 9.69. The number of rotatable bonds is 5. The van der Waals surface area contributed by atoms with Gasteiger partial charge >= 0.3 is 6.09 Å². The number of methoxy groups -OCH3 is 1. The van der Waals surface area contributed by atoms with Gasteiger partial charge < -0.3 is 19.9 Å². The molecule has 0 radical (unpaired) electrons. The van der Waals surface area contributed by atoms with Gasteiger partial charge in [-0.2, -0.15) is 0 Å². The number of aromatic nitrogens is 1. The second-order valence-corrected chi connectivity index (χ2v) is 7.65. The molecule has 2 N–H and O–H groups in total. The second kappa shape index (κ2) is 6.64. The van der Waals surface area contributed by atoms with Gasteiger partial charge in [-0.25, -0.2) is 9.18 Å². The van der Waals surface area contributed by atoms with Gasteiger partial charge in [0, 0.05) is 5.39 Å². The van der Waals surface area contributed by atoms with E-state index in [0.29, 0.717) is 30.8 Å². The number of aryl methyl sites for hydroxylation is 1. The summed E-state index contributed by atoms with van der Waals surface area (Å²) in [5.74, 6) is 0.353. The first-order chi connectivity index (χ1) is 12.9. The Morgan fingerprint density at radius 3 is 2.78 bits per heavy atom. The number of halogens is 1. The fourth-order valence-corrected chi connectivity index (χ4v) is 4.41. The van der Waals surface area contributed by atoms with Crippen molar-refractivity contribution in [2.45, 2.75) is 49.7 Å². The normalized spacial score (nSPS) is 26.9. The smallest absolute Gasteiger partial charge is 0.405 e. The van der Waals surface area contributed by atoms with Gasteiger partial charge in [0.25, 0.3) is 0 Å². The third kappa shape index (κ3) is 3.32. The molecule has 6 nitrogen and oxygen atoms in total. The molecule has 27 heavy (non-hydrogen) atoms. The average molecular weight is 374 g/mol. The lowest BCUT2D eigenvalue weighted by Crippen LogP contribution is -2.62. The molecule has 2 aliphatic heterocycles. The first-order valence-corrected chi connectivity index (χ1v) is 9.21. The molecule has 0 spiro atoms. The van der Waals surface area contributed by atoms with Crippen molar-refractivity contribution in [1.29, 1.82) is 0 Å². The highest BCUT2D eigenvalue weighted by molar-refractivity contribution is 5.83. The summed E-state index contributed by atoms with van der Waals surface area (Å²) in [5, 5.41) is 12.4. The van der Waals surface area contributed by atoms with Crippen molar-refractivity contribution < 1.29 is 23.8 Å². The summed E-state index contributed by atoms with van der Waals surface area (Å²) < 4.78 is 25.9. The Kier molecular flexibility index (Phi) is 4.42. The number of pyridine rings is 1. The van der Waals surface area contributed by atoms with Crippen molar-refractivity contribution >= 4 is 17.0 Å². The maximum Gasteiger partial charge on any atom is 0.405 e. The van der Waals surface area contributed by atoms with Gasteiger partial charge in [-0.05, 0) is 62.3 Å². The largest absolute Gasteiger partial charge is 0.497 e. The molecule has 3 aliphatic rings. The molecule has 1 aliphatic carbocycles. The van der Waals surface area contributed by atoms with Gasteiger partial charge in [0.05, 0.1) is 36.6 Å². The summed E-state index contributed by atoms with van der Waals surface area (Å²) >= 11 is 0. The number of benzene rings is 1. The van der Waals surface area contributed by atoms with E-state index >= 15 is 0 Å². The topological polar surface area (TPSA) is 80.7 Å². The Balaban J connectivity index is 1.53. The SMILES string of the molecule is COc1ccc2ncc(F)c(CCC34CCC(NC(=O)O)(CC3)CO4)c2c1. The molecule has 0 unspecified atom stereocenters. The molecule has 3 fully saturated rings. The number of ether oxygens (including phenoxy) is 2. The van der Waals surface area contributed by atoms with Crippen LogP contribution in [0.1, 0.15) is 37.7 Å². The lowest BCUT2D eigenvalue weighted by Gasteiger charge is -2.53. The molecular formula is C20H23FN2O4. The van der Waals surface area contributed by atoms with Crippen LogP contribution in [0.3, 0.4) is 0 Å². The van der Waals surface area contributed by atoms with Crippen LogP contribution < -0.4 is 10.1 Å². The number of carbonyl (C=O) groups is 1. The fraction of sp³-hybridized carbons (Fsp3) is 0.500. The maximum absolute atomic E-state index is 14.5. The minimum absolute atomic E-state index is 0.303. The van der Waals surface area contributed by atoms with E-state index in [-0.39, 0.29) is 11.4 Å². The standard InChI is InChI=1S/C20H23FN2O4/c1-26-13-2-3-17-15(10-13)14(16(21)11-22-17)4-5-20-8-6-19(7-9-20,12-27-20)23-18(24)25/h2-3,10-11,23H,4-9,12H2,1H3,(H,24,25). The monoisotopic (exact) mass is 374 g/mol. The molecule has 0 atom stereocenters. The number of fused-ring (bicyclic) bond motifs is 4. The summed E-state index contributed by atoms with van der Waals surface area (Å²) in [7, 11) is 1.59. The zero-order valence-electron chi connectivity index (χ0n) is 15.3. The van der Waals surface area contributed by atoms with E-state index in [0.717, 1.165) is 36.6 Å². The van der Waals surface area contributed by atoms with Gasteiger partial charge in [0.2, 0.25) is 0 Å². The molecule has 3 heterocycles. The van der Waals surface area contributed by atoms with Crippen LogP contribution in [-0.2, 0) is 11.2 Å². The number of hydrogen-bond donors (Lipinski definition) is 2. The first-order valence-electron chi connectivity index (χ1n) is 9.21. The van der Waals surface area contributed by atoms with Gasteiger partial charge in [0.1, 0.15) is 11.6 Å². The van der Waals surface area contributed by atoms with Crippen LogP contribution in [0.2, 0.25) is 0 Å². The Hall–Kier alpha value is -2.41. The predicted molar refractivity (Wildman–Crippen MR) is 97.6 cm³/mol. The van der Waals surface area contributed by atoms with Crippen molar-refractivity contribution in [3.05, 3.63) is 35.8 Å². The quantitative estimate of drug-likeness (QED) is 0.835. The number of nitrogens with one attached hydrogen (secondary N) is 1. The fourth-order valence-electron chi connectivity index (χ4n) is 4.41. The summed E-state index contributed by atoms with van der Waals surface area (Å²) in [6.45, 7) is 0.382. The summed E-state index contributed by atoms with van der Waals surface area (Å²) in [6.07, 6.45) is 4.57. The van der Waals surface area contributed by atoms with Crippen LogP contribution in [0.5, 0.6) is 5.75 Å². The zero-order valence-corrected chi connectivity index (χ0v) is 15.3. The number of hydrogen-bond acceptors (Lipinski definition) is 4. The molecule has 2 bridgehead atoms. The Morgan fingerprint density at radius 1 is 1.37 bits per heavy atom. The van der Waals surface area contributed by atoms with Gasteiger partial charge in [-0.1, -0.05) is 0 Å². The van der Waals surface area contributed by atoms with E-state index in [1.807, 2.05) is 18.2 Å². The first kappa shape index (κ1) is 18.0. The number of carboxylic acid groups (broad SMARTS) is 1. The van der Waals surface area contributed by atoms with Crippen molar-refractivity contribution in [3.63, 3.8) is 0 Å². The van der Waals surface area contributed by atoms with Crippen LogP contribution in [-0.4, -0.2) is 41.0 Å². The van der Waals surface area contributed by atoms with E-state index in [9.17, 15) is 9.18 Å². The second-order valence-electron chi connectivity index (χ2n) is 7.65. The van der Waals surface area contributed by atoms with Crippen molar-refractivity contribution in [2.75, 3.05) is 13.7 Å². The van der Waals surface area contributed by atoms with E-state index in [2.05, 4.69) is 10.3 Å². The number of amides is 1. The summed E-state index contributed by atoms with van der Waals surface area (Å²) in [5.41, 5.74) is 0.601. The highest BCUT2D eigenvalue weighted by Gasteiger charge is 2.50. The summed E-state index contributed by atoms with van der Waals surface area (Å²) in [6, 6.07) is 5.47. The zero-order chi connectivity index (χ0) is 19.1.